The lowest BCUT2D eigenvalue weighted by Gasteiger charge is -2.10. The summed E-state index contributed by atoms with van der Waals surface area (Å²) in [7, 11) is 1.73. The molecule has 0 spiro atoms. The first-order valence-electron chi connectivity index (χ1n) is 5.78. The topological polar surface area (TPSA) is 77.8 Å². The summed E-state index contributed by atoms with van der Waals surface area (Å²) >= 11 is 3.33. The van der Waals surface area contributed by atoms with E-state index >= 15 is 0 Å². The number of rotatable bonds is 3. The third kappa shape index (κ3) is 2.95. The maximum atomic E-state index is 12.2. The molecule has 0 aliphatic heterocycles. The molecule has 0 aliphatic carbocycles. The molecule has 1 aromatic carbocycles. The van der Waals surface area contributed by atoms with Crippen LogP contribution in [0.15, 0.2) is 41.1 Å². The molecule has 0 aliphatic rings. The Morgan fingerprint density at radius 1 is 1.35 bits per heavy atom. The SMILES string of the molecule is CNc1cnccc1C(=O)Nc1ccc(C#N)cc1Br. The first kappa shape index (κ1) is 14.0. The van der Waals surface area contributed by atoms with Gasteiger partial charge in [0.2, 0.25) is 0 Å². The van der Waals surface area contributed by atoms with Crippen molar-refractivity contribution in [2.24, 2.45) is 0 Å². The number of carbonyl (C=O) groups is 1. The number of pyridine rings is 1. The van der Waals surface area contributed by atoms with Gasteiger partial charge in [0.1, 0.15) is 0 Å². The highest BCUT2D eigenvalue weighted by atomic mass is 79.9. The highest BCUT2D eigenvalue weighted by Gasteiger charge is 2.12. The van der Waals surface area contributed by atoms with Crippen molar-refractivity contribution >= 4 is 33.2 Å². The number of hydrogen-bond donors (Lipinski definition) is 2. The lowest BCUT2D eigenvalue weighted by atomic mass is 10.2. The lowest BCUT2D eigenvalue weighted by molar-refractivity contribution is 0.102. The molecule has 2 aromatic rings. The number of anilines is 2. The van der Waals surface area contributed by atoms with Gasteiger partial charge in [-0.25, -0.2) is 0 Å². The van der Waals surface area contributed by atoms with Crippen LogP contribution in [0.5, 0.6) is 0 Å². The molecule has 0 atom stereocenters. The molecule has 2 N–H and O–H groups in total. The predicted octanol–water partition coefficient (Wildman–Crippen LogP) is 3.01. The number of benzene rings is 1. The minimum atomic E-state index is -0.248. The molecule has 0 unspecified atom stereocenters. The van der Waals surface area contributed by atoms with Crippen LogP contribution in [0, 0.1) is 11.3 Å². The third-order valence-electron chi connectivity index (χ3n) is 2.68. The largest absolute Gasteiger partial charge is 0.386 e. The van der Waals surface area contributed by atoms with Gasteiger partial charge in [-0.2, -0.15) is 5.26 Å². The Hall–Kier alpha value is -2.39. The van der Waals surface area contributed by atoms with Crippen LogP contribution < -0.4 is 10.6 Å². The van der Waals surface area contributed by atoms with Gasteiger partial charge in [-0.15, -0.1) is 0 Å². The van der Waals surface area contributed by atoms with Gasteiger partial charge in [0.25, 0.3) is 5.91 Å². The number of nitriles is 1. The average Bonchev–Trinajstić information content (AvgIpc) is 2.49. The van der Waals surface area contributed by atoms with E-state index in [0.717, 1.165) is 0 Å². The zero-order valence-electron chi connectivity index (χ0n) is 10.6. The van der Waals surface area contributed by atoms with E-state index in [4.69, 9.17) is 5.26 Å². The summed E-state index contributed by atoms with van der Waals surface area (Å²) in [5.74, 6) is -0.248. The number of amides is 1. The van der Waals surface area contributed by atoms with E-state index in [9.17, 15) is 4.79 Å². The van der Waals surface area contributed by atoms with Gasteiger partial charge < -0.3 is 10.6 Å². The molecule has 0 radical (unpaired) electrons. The van der Waals surface area contributed by atoms with Gasteiger partial charge in [-0.3, -0.25) is 9.78 Å². The Morgan fingerprint density at radius 3 is 2.80 bits per heavy atom. The summed E-state index contributed by atoms with van der Waals surface area (Å²) in [6.07, 6.45) is 3.15. The van der Waals surface area contributed by atoms with Crippen LogP contribution in [-0.2, 0) is 0 Å². The molecule has 20 heavy (non-hydrogen) atoms. The van der Waals surface area contributed by atoms with E-state index in [1.54, 1.807) is 43.7 Å². The lowest BCUT2D eigenvalue weighted by Crippen LogP contribution is -2.14. The van der Waals surface area contributed by atoms with Crippen molar-refractivity contribution in [2.45, 2.75) is 0 Å². The summed E-state index contributed by atoms with van der Waals surface area (Å²) in [4.78, 5) is 16.2. The van der Waals surface area contributed by atoms with Crippen LogP contribution in [-0.4, -0.2) is 17.9 Å². The molecule has 5 nitrogen and oxygen atoms in total. The van der Waals surface area contributed by atoms with Crippen molar-refractivity contribution in [3.8, 4) is 6.07 Å². The second-order valence-electron chi connectivity index (χ2n) is 3.93. The van der Waals surface area contributed by atoms with Crippen molar-refractivity contribution in [1.29, 1.82) is 5.26 Å². The van der Waals surface area contributed by atoms with Crippen molar-refractivity contribution in [3.05, 3.63) is 52.3 Å². The molecule has 0 bridgehead atoms. The monoisotopic (exact) mass is 330 g/mol. The fraction of sp³-hybridized carbons (Fsp3) is 0.0714. The maximum absolute atomic E-state index is 12.2. The van der Waals surface area contributed by atoms with Crippen LogP contribution >= 0.6 is 15.9 Å². The zero-order valence-corrected chi connectivity index (χ0v) is 12.2. The molecular weight excluding hydrogens is 320 g/mol. The summed E-state index contributed by atoms with van der Waals surface area (Å²) in [6.45, 7) is 0. The summed E-state index contributed by atoms with van der Waals surface area (Å²) in [5.41, 5.74) is 2.27. The smallest absolute Gasteiger partial charge is 0.257 e. The number of aromatic nitrogens is 1. The molecule has 6 heteroatoms. The van der Waals surface area contributed by atoms with Gasteiger partial charge in [0, 0.05) is 17.7 Å². The fourth-order valence-electron chi connectivity index (χ4n) is 1.67. The molecule has 0 saturated heterocycles. The van der Waals surface area contributed by atoms with E-state index in [1.807, 2.05) is 6.07 Å². The van der Waals surface area contributed by atoms with Gasteiger partial charge >= 0.3 is 0 Å². The van der Waals surface area contributed by atoms with E-state index in [0.29, 0.717) is 27.0 Å². The molecule has 1 amide bonds. The highest BCUT2D eigenvalue weighted by molar-refractivity contribution is 9.10. The number of nitrogens with zero attached hydrogens (tertiary/aromatic N) is 2. The van der Waals surface area contributed by atoms with Crippen LogP contribution in [0.4, 0.5) is 11.4 Å². The number of halogens is 1. The second kappa shape index (κ2) is 6.17. The van der Waals surface area contributed by atoms with Gasteiger partial charge in [-0.1, -0.05) is 0 Å². The van der Waals surface area contributed by atoms with E-state index in [1.165, 1.54) is 0 Å². The number of carbonyl (C=O) groups excluding carboxylic acids is 1. The fourth-order valence-corrected chi connectivity index (χ4v) is 2.15. The number of hydrogen-bond acceptors (Lipinski definition) is 4. The van der Waals surface area contributed by atoms with E-state index in [2.05, 4.69) is 31.5 Å². The summed E-state index contributed by atoms with van der Waals surface area (Å²) < 4.78 is 0.657. The Balaban J connectivity index is 2.26. The minimum absolute atomic E-state index is 0.248. The third-order valence-corrected chi connectivity index (χ3v) is 3.34. The summed E-state index contributed by atoms with van der Waals surface area (Å²) in [5, 5.41) is 14.5. The first-order valence-corrected chi connectivity index (χ1v) is 6.57. The van der Waals surface area contributed by atoms with E-state index < -0.39 is 0 Å². The minimum Gasteiger partial charge on any atom is -0.386 e. The quantitative estimate of drug-likeness (QED) is 0.906. The van der Waals surface area contributed by atoms with Crippen molar-refractivity contribution in [3.63, 3.8) is 0 Å². The van der Waals surface area contributed by atoms with Crippen LogP contribution in [0.3, 0.4) is 0 Å². The molecule has 100 valence electrons. The molecule has 2 rings (SSSR count). The highest BCUT2D eigenvalue weighted by Crippen LogP contribution is 2.24. The summed E-state index contributed by atoms with van der Waals surface area (Å²) in [6, 6.07) is 8.65. The average molecular weight is 331 g/mol. The molecule has 1 heterocycles. The standard InChI is InChI=1S/C14H11BrN4O/c1-17-13-8-18-5-4-10(13)14(20)19-12-3-2-9(7-16)6-11(12)15/h2-6,8,17H,1H3,(H,19,20). The second-order valence-corrected chi connectivity index (χ2v) is 4.79. The molecule has 1 aromatic heterocycles. The molecule has 0 saturated carbocycles. The van der Waals surface area contributed by atoms with E-state index in [-0.39, 0.29) is 5.91 Å². The van der Waals surface area contributed by atoms with Crippen molar-refractivity contribution in [1.82, 2.24) is 4.98 Å². The van der Waals surface area contributed by atoms with Gasteiger partial charge in [0.05, 0.1) is 34.8 Å². The Kier molecular flexibility index (Phi) is 4.33. The van der Waals surface area contributed by atoms with Crippen molar-refractivity contribution in [2.75, 3.05) is 17.7 Å². The molecular formula is C14H11BrN4O. The molecule has 0 fully saturated rings. The predicted molar refractivity (Wildman–Crippen MR) is 80.6 cm³/mol. The van der Waals surface area contributed by atoms with Gasteiger partial charge in [0.15, 0.2) is 0 Å². The van der Waals surface area contributed by atoms with Crippen LogP contribution in [0.25, 0.3) is 0 Å². The Bertz CT molecular complexity index is 694. The Labute approximate surface area is 124 Å². The van der Waals surface area contributed by atoms with Crippen LogP contribution in [0.2, 0.25) is 0 Å². The zero-order chi connectivity index (χ0) is 14.5. The van der Waals surface area contributed by atoms with Gasteiger partial charge in [-0.05, 0) is 40.2 Å². The first-order chi connectivity index (χ1) is 9.65. The maximum Gasteiger partial charge on any atom is 0.257 e. The van der Waals surface area contributed by atoms with Crippen molar-refractivity contribution < 1.29 is 4.79 Å². The normalized spacial score (nSPS) is 9.65. The number of nitrogens with one attached hydrogen (secondary N) is 2. The van der Waals surface area contributed by atoms with Crippen LogP contribution in [0.1, 0.15) is 15.9 Å². The Morgan fingerprint density at radius 2 is 2.15 bits per heavy atom.